The van der Waals surface area contributed by atoms with Crippen LogP contribution in [0.15, 0.2) is 118 Å². The van der Waals surface area contributed by atoms with Gasteiger partial charge < -0.3 is 4.90 Å². The Bertz CT molecular complexity index is 1770. The van der Waals surface area contributed by atoms with E-state index in [4.69, 9.17) is 0 Å². The summed E-state index contributed by atoms with van der Waals surface area (Å²) in [5.41, 5.74) is 6.86. The van der Waals surface area contributed by atoms with E-state index in [1.807, 2.05) is 49.5 Å². The Morgan fingerprint density at radius 3 is 2.56 bits per heavy atom. The molecule has 2 heterocycles. The van der Waals surface area contributed by atoms with Gasteiger partial charge in [-0.3, -0.25) is 4.79 Å². The third-order valence-electron chi connectivity index (χ3n) is 8.05. The number of thioether (sulfide) groups is 1. The Labute approximate surface area is 245 Å². The van der Waals surface area contributed by atoms with Crippen molar-refractivity contribution in [3.05, 3.63) is 124 Å². The molecule has 0 saturated heterocycles. The Hall–Kier alpha value is -4.23. The van der Waals surface area contributed by atoms with Gasteiger partial charge in [-0.2, -0.15) is 0 Å². The second-order valence-corrected chi connectivity index (χ2v) is 11.9. The first-order valence-electron chi connectivity index (χ1n) is 14.0. The average molecular weight is 560 g/mol. The predicted octanol–water partition coefficient (Wildman–Crippen LogP) is 7.57. The van der Waals surface area contributed by atoms with Gasteiger partial charge in [0.25, 0.3) is 0 Å². The van der Waals surface area contributed by atoms with Crippen molar-refractivity contribution in [1.29, 1.82) is 0 Å². The van der Waals surface area contributed by atoms with Crippen molar-refractivity contribution in [2.24, 2.45) is 7.05 Å². The lowest BCUT2D eigenvalue weighted by Gasteiger charge is -2.26. The molecule has 0 amide bonds. The molecule has 0 N–H and O–H groups in total. The summed E-state index contributed by atoms with van der Waals surface area (Å²) in [7, 11) is 1.85. The monoisotopic (exact) mass is 559 g/mol. The van der Waals surface area contributed by atoms with Gasteiger partial charge in [0.1, 0.15) is 0 Å². The molecule has 1 aliphatic heterocycles. The highest BCUT2D eigenvalue weighted by Gasteiger charge is 2.38. The van der Waals surface area contributed by atoms with E-state index in [2.05, 4.69) is 83.7 Å². The highest BCUT2D eigenvalue weighted by atomic mass is 32.2. The zero-order valence-electron chi connectivity index (χ0n) is 23.8. The fourth-order valence-electron chi connectivity index (χ4n) is 5.83. The van der Waals surface area contributed by atoms with Crippen LogP contribution in [0, 0.1) is 0 Å². The maximum atomic E-state index is 13.2. The van der Waals surface area contributed by atoms with Gasteiger partial charge >= 0.3 is 0 Å². The number of allylic oxidation sites excluding steroid dienone is 7. The largest absolute Gasteiger partial charge is 0.344 e. The lowest BCUT2D eigenvalue weighted by atomic mass is 9.83. The zero-order chi connectivity index (χ0) is 28.6. The number of ketones is 1. The van der Waals surface area contributed by atoms with E-state index in [9.17, 15) is 4.79 Å². The van der Waals surface area contributed by atoms with E-state index < -0.39 is 0 Å². The summed E-state index contributed by atoms with van der Waals surface area (Å²) < 4.78 is 1.68. The van der Waals surface area contributed by atoms with E-state index in [1.165, 1.54) is 22.5 Å². The first-order chi connectivity index (χ1) is 19.9. The highest BCUT2D eigenvalue weighted by Crippen LogP contribution is 2.48. The number of aryl methyl sites for hydroxylation is 1. The molecule has 0 fully saturated rings. The Morgan fingerprint density at radius 2 is 1.78 bits per heavy atom. The number of benzene rings is 3. The first kappa shape index (κ1) is 27.0. The number of carbonyl (C=O) groups excluding carboxylic acids is 1. The molecule has 206 valence electrons. The number of aromatic nitrogens is 4. The highest BCUT2D eigenvalue weighted by molar-refractivity contribution is 8.03. The molecular weight excluding hydrogens is 526 g/mol. The van der Waals surface area contributed by atoms with Gasteiger partial charge in [-0.05, 0) is 93.7 Å². The fraction of sp³-hybridized carbons (Fsp3) is 0.235. The number of nitrogens with zero attached hydrogens (tertiary/aromatic N) is 5. The van der Waals surface area contributed by atoms with Gasteiger partial charge in [0.05, 0.1) is 0 Å². The lowest BCUT2D eigenvalue weighted by molar-refractivity contribution is 0.104. The Kier molecular flexibility index (Phi) is 7.22. The Balaban J connectivity index is 1.35. The van der Waals surface area contributed by atoms with Crippen LogP contribution < -0.4 is 4.90 Å². The average Bonchev–Trinajstić information content (AvgIpc) is 3.64. The molecule has 0 spiro atoms. The molecule has 0 radical (unpaired) electrons. The molecule has 2 aliphatic rings. The topological polar surface area (TPSA) is 63.9 Å². The molecule has 1 aliphatic carbocycles. The van der Waals surface area contributed by atoms with Crippen LogP contribution >= 0.6 is 11.8 Å². The number of anilines is 1. The van der Waals surface area contributed by atoms with Crippen LogP contribution in [0.25, 0.3) is 10.8 Å². The predicted molar refractivity (Wildman–Crippen MR) is 167 cm³/mol. The summed E-state index contributed by atoms with van der Waals surface area (Å²) >= 11 is 1.56. The number of rotatable bonds is 7. The van der Waals surface area contributed by atoms with Gasteiger partial charge in [0.2, 0.25) is 5.16 Å². The smallest absolute Gasteiger partial charge is 0.213 e. The van der Waals surface area contributed by atoms with E-state index in [1.54, 1.807) is 22.5 Å². The van der Waals surface area contributed by atoms with Crippen molar-refractivity contribution in [2.45, 2.75) is 44.2 Å². The quantitative estimate of drug-likeness (QED) is 0.172. The molecule has 0 atom stereocenters. The van der Waals surface area contributed by atoms with Gasteiger partial charge in [-0.15, -0.1) is 5.10 Å². The number of hydrogen-bond acceptors (Lipinski definition) is 6. The minimum atomic E-state index is -0.0954. The van der Waals surface area contributed by atoms with E-state index >= 15 is 0 Å². The summed E-state index contributed by atoms with van der Waals surface area (Å²) in [6.45, 7) is 7.70. The Morgan fingerprint density at radius 1 is 1.00 bits per heavy atom. The van der Waals surface area contributed by atoms with E-state index in [0.29, 0.717) is 5.56 Å². The molecule has 0 saturated carbocycles. The van der Waals surface area contributed by atoms with Crippen LogP contribution in [0.1, 0.15) is 49.5 Å². The van der Waals surface area contributed by atoms with Crippen molar-refractivity contribution < 1.29 is 4.79 Å². The number of carbonyl (C=O) groups is 1. The number of tetrazole rings is 1. The van der Waals surface area contributed by atoms with Crippen LogP contribution in [0.5, 0.6) is 0 Å². The number of hydrogen-bond donors (Lipinski definition) is 0. The van der Waals surface area contributed by atoms with Gasteiger partial charge in [0.15, 0.2) is 5.78 Å². The summed E-state index contributed by atoms with van der Waals surface area (Å²) in [6.07, 6.45) is 9.95. The molecule has 6 rings (SSSR count). The van der Waals surface area contributed by atoms with Gasteiger partial charge in [0, 0.05) is 40.9 Å². The van der Waals surface area contributed by atoms with Gasteiger partial charge in [-0.1, -0.05) is 80.6 Å². The summed E-state index contributed by atoms with van der Waals surface area (Å²) in [4.78, 5) is 16.7. The SMILES string of the molecule is CCN1/C(=C/C=C2\CCC(/C=C/C(=O)c3ccc4ccccc4c3)=C2Sc2nnnn2C)C(C)(C)c2ccccc21. The number of fused-ring (bicyclic) bond motifs is 2. The van der Waals surface area contributed by atoms with E-state index in [0.717, 1.165) is 45.8 Å². The maximum Gasteiger partial charge on any atom is 0.213 e. The normalized spacial score (nSPS) is 18.4. The first-order valence-corrected chi connectivity index (χ1v) is 14.8. The van der Waals surface area contributed by atoms with Crippen molar-refractivity contribution in [2.75, 3.05) is 11.4 Å². The molecule has 0 unspecified atom stereocenters. The molecule has 1 aromatic heterocycles. The molecule has 6 nitrogen and oxygen atoms in total. The molecule has 0 bridgehead atoms. The van der Waals surface area contributed by atoms with Crippen LogP contribution in [0.3, 0.4) is 0 Å². The molecule has 3 aromatic carbocycles. The van der Waals surface area contributed by atoms with Crippen LogP contribution in [0.4, 0.5) is 5.69 Å². The maximum absolute atomic E-state index is 13.2. The molecular formula is C34H33N5OS. The second kappa shape index (κ2) is 11.0. The van der Waals surface area contributed by atoms with E-state index in [-0.39, 0.29) is 11.2 Å². The second-order valence-electron chi connectivity index (χ2n) is 10.9. The lowest BCUT2D eigenvalue weighted by Crippen LogP contribution is -2.25. The fourth-order valence-corrected chi connectivity index (χ4v) is 6.86. The number of likely N-dealkylation sites (N-methyl/N-ethyl adjacent to an activating group) is 1. The molecule has 4 aromatic rings. The third-order valence-corrected chi connectivity index (χ3v) is 9.31. The van der Waals surface area contributed by atoms with Crippen LogP contribution in [0.2, 0.25) is 0 Å². The molecule has 41 heavy (non-hydrogen) atoms. The van der Waals surface area contributed by atoms with Crippen molar-refractivity contribution in [1.82, 2.24) is 20.2 Å². The van der Waals surface area contributed by atoms with Crippen molar-refractivity contribution in [3.63, 3.8) is 0 Å². The number of para-hydroxylation sites is 1. The summed E-state index contributed by atoms with van der Waals surface area (Å²) in [5.74, 6) is -0.00321. The van der Waals surface area contributed by atoms with Crippen LogP contribution in [-0.2, 0) is 12.5 Å². The molecule has 7 heteroatoms. The standard InChI is InChI=1S/C34H33N5OS/c1-5-39-29-13-9-8-12-28(29)34(2,3)31(39)21-19-25-16-15-24(32(25)41-33-35-36-37-38(33)4)18-20-30(40)27-17-14-23-10-6-7-11-26(23)22-27/h6-14,17-22H,5,15-16H2,1-4H3/b20-18+,25-19+,31-21+. The van der Waals surface area contributed by atoms with Gasteiger partial charge in [-0.25, -0.2) is 4.68 Å². The third kappa shape index (κ3) is 5.06. The minimum Gasteiger partial charge on any atom is -0.344 e. The summed E-state index contributed by atoms with van der Waals surface area (Å²) in [5, 5.41) is 15.0. The summed E-state index contributed by atoms with van der Waals surface area (Å²) in [6, 6.07) is 22.6. The zero-order valence-corrected chi connectivity index (χ0v) is 24.7. The van der Waals surface area contributed by atoms with Crippen LogP contribution in [-0.4, -0.2) is 32.5 Å². The minimum absolute atomic E-state index is 0.00321. The van der Waals surface area contributed by atoms with Crippen molar-refractivity contribution >= 4 is 34.0 Å². The van der Waals surface area contributed by atoms with Crippen molar-refractivity contribution in [3.8, 4) is 0 Å².